The summed E-state index contributed by atoms with van der Waals surface area (Å²) < 4.78 is 18.5. The predicted molar refractivity (Wildman–Crippen MR) is 125 cm³/mol. The Hall–Kier alpha value is -3.77. The van der Waals surface area contributed by atoms with Crippen LogP contribution >= 0.6 is 0 Å². The fraction of sp³-hybridized carbons (Fsp3) is 0.409. The van der Waals surface area contributed by atoms with Gasteiger partial charge < -0.3 is 24.8 Å². The van der Waals surface area contributed by atoms with Crippen LogP contribution in [0.1, 0.15) is 16.8 Å². The Kier molecular flexibility index (Phi) is 6.89. The van der Waals surface area contributed by atoms with Gasteiger partial charge in [-0.3, -0.25) is 19.5 Å². The minimum Gasteiger partial charge on any atom is -0.491 e. The Morgan fingerprint density at radius 3 is 2.79 bits per heavy atom. The Morgan fingerprint density at radius 1 is 1.32 bits per heavy atom. The molecule has 12 heteroatoms. The van der Waals surface area contributed by atoms with Gasteiger partial charge in [-0.05, 0) is 7.05 Å². The fourth-order valence-corrected chi connectivity index (χ4v) is 3.77. The summed E-state index contributed by atoms with van der Waals surface area (Å²) in [6, 6.07) is 1.55. The topological polar surface area (TPSA) is 147 Å². The molecule has 1 aliphatic heterocycles. The maximum absolute atomic E-state index is 13.1. The molecule has 1 aromatic carbocycles. The Bertz CT molecular complexity index is 1250. The van der Waals surface area contributed by atoms with Crippen LogP contribution in [0.5, 0.6) is 11.5 Å². The van der Waals surface area contributed by atoms with Gasteiger partial charge in [0.2, 0.25) is 5.95 Å². The number of methoxy groups -OCH3 is 1. The summed E-state index contributed by atoms with van der Waals surface area (Å²) in [5, 5.41) is 2.79. The van der Waals surface area contributed by atoms with Gasteiger partial charge in [-0.2, -0.15) is 0 Å². The summed E-state index contributed by atoms with van der Waals surface area (Å²) in [5.74, 6) is 0.104. The lowest BCUT2D eigenvalue weighted by molar-refractivity contribution is -0.0284. The molecule has 0 radical (unpaired) electrons. The first kappa shape index (κ1) is 23.4. The molecule has 0 spiro atoms. The number of ether oxygens (including phenoxy) is 3. The highest BCUT2D eigenvalue weighted by Gasteiger charge is 2.22. The van der Waals surface area contributed by atoms with Crippen molar-refractivity contribution in [2.24, 2.45) is 7.05 Å². The number of nitrogens with zero attached hydrogens (tertiary/aromatic N) is 5. The molecule has 3 heterocycles. The smallest absolute Gasteiger partial charge is 0.264 e. The summed E-state index contributed by atoms with van der Waals surface area (Å²) in [7, 11) is 5.00. The quantitative estimate of drug-likeness (QED) is 0.473. The monoisotopic (exact) mass is 469 g/mol. The second-order valence-corrected chi connectivity index (χ2v) is 7.99. The number of nitrogen functional groups attached to an aromatic ring is 1. The number of hydrogen-bond donors (Lipinski definition) is 2. The lowest BCUT2D eigenvalue weighted by atomic mass is 10.1. The van der Waals surface area contributed by atoms with Gasteiger partial charge in [0.1, 0.15) is 11.8 Å². The van der Waals surface area contributed by atoms with Crippen LogP contribution in [0.25, 0.3) is 10.9 Å². The van der Waals surface area contributed by atoms with Gasteiger partial charge in [0.05, 0.1) is 43.1 Å². The van der Waals surface area contributed by atoms with E-state index in [0.717, 1.165) is 13.1 Å². The summed E-state index contributed by atoms with van der Waals surface area (Å²) in [6.07, 6.45) is 4.78. The number of nitrogens with two attached hydrogens (primary N) is 1. The SMILES string of the molecule is COc1c(OCC[C@H]2CN(C)CCO2)cc(N)c2c(=O)n(C)c(NC(=O)c3cncnc3)nc12. The largest absolute Gasteiger partial charge is 0.491 e. The van der Waals surface area contributed by atoms with Crippen LogP contribution in [0.3, 0.4) is 0 Å². The molecule has 0 saturated carbocycles. The molecule has 180 valence electrons. The first-order chi connectivity index (χ1) is 16.4. The molecule has 0 unspecified atom stereocenters. The van der Waals surface area contributed by atoms with Gasteiger partial charge in [-0.15, -0.1) is 0 Å². The highest BCUT2D eigenvalue weighted by molar-refractivity contribution is 6.04. The molecule has 1 aliphatic rings. The van der Waals surface area contributed by atoms with E-state index in [0.29, 0.717) is 25.4 Å². The molecule has 1 fully saturated rings. The molecule has 1 atom stereocenters. The molecule has 1 saturated heterocycles. The van der Waals surface area contributed by atoms with Gasteiger partial charge in [-0.1, -0.05) is 0 Å². The lowest BCUT2D eigenvalue weighted by Gasteiger charge is -2.30. The molecule has 0 bridgehead atoms. The summed E-state index contributed by atoms with van der Waals surface area (Å²) in [5.41, 5.74) is 6.37. The number of likely N-dealkylation sites (N-methyl/N-ethyl adjacent to an activating group) is 1. The summed E-state index contributed by atoms with van der Waals surface area (Å²) >= 11 is 0. The Morgan fingerprint density at radius 2 is 2.09 bits per heavy atom. The van der Waals surface area contributed by atoms with Gasteiger partial charge in [0, 0.05) is 45.0 Å². The molecular formula is C22H27N7O5. The third-order valence-electron chi connectivity index (χ3n) is 5.60. The normalized spacial score (nSPS) is 16.4. The second kappa shape index (κ2) is 10.0. The number of morpholine rings is 1. The van der Waals surface area contributed by atoms with E-state index >= 15 is 0 Å². The molecule has 3 aromatic rings. The number of amides is 1. The van der Waals surface area contributed by atoms with Crippen LogP contribution in [-0.4, -0.2) is 76.9 Å². The molecule has 34 heavy (non-hydrogen) atoms. The van der Waals surface area contributed by atoms with Gasteiger partial charge in [0.15, 0.2) is 11.5 Å². The van der Waals surface area contributed by atoms with Crippen LogP contribution in [0.2, 0.25) is 0 Å². The third kappa shape index (κ3) is 4.77. The lowest BCUT2D eigenvalue weighted by Crippen LogP contribution is -2.40. The van der Waals surface area contributed by atoms with Crippen molar-refractivity contribution >= 4 is 28.4 Å². The highest BCUT2D eigenvalue weighted by atomic mass is 16.5. The Balaban J connectivity index is 1.64. The maximum Gasteiger partial charge on any atom is 0.264 e. The fourth-order valence-electron chi connectivity index (χ4n) is 3.77. The van der Waals surface area contributed by atoms with Crippen molar-refractivity contribution in [3.05, 3.63) is 40.7 Å². The molecular weight excluding hydrogens is 442 g/mol. The second-order valence-electron chi connectivity index (χ2n) is 7.99. The van der Waals surface area contributed by atoms with Crippen LogP contribution in [0, 0.1) is 0 Å². The first-order valence-corrected chi connectivity index (χ1v) is 10.8. The van der Waals surface area contributed by atoms with E-state index in [1.807, 2.05) is 0 Å². The van der Waals surface area contributed by atoms with Crippen molar-refractivity contribution in [2.45, 2.75) is 12.5 Å². The highest BCUT2D eigenvalue weighted by Crippen LogP contribution is 2.37. The molecule has 1 amide bonds. The van der Waals surface area contributed by atoms with Crippen molar-refractivity contribution < 1.29 is 19.0 Å². The van der Waals surface area contributed by atoms with E-state index in [4.69, 9.17) is 19.9 Å². The van der Waals surface area contributed by atoms with Crippen molar-refractivity contribution in [3.8, 4) is 11.5 Å². The summed E-state index contributed by atoms with van der Waals surface area (Å²) in [4.78, 5) is 40.0. The number of carbonyl (C=O) groups excluding carboxylic acids is 1. The van der Waals surface area contributed by atoms with E-state index in [1.54, 1.807) is 6.07 Å². The molecule has 4 rings (SSSR count). The number of hydrogen-bond acceptors (Lipinski definition) is 10. The first-order valence-electron chi connectivity index (χ1n) is 10.8. The van der Waals surface area contributed by atoms with Crippen LogP contribution in [-0.2, 0) is 11.8 Å². The van der Waals surface area contributed by atoms with Gasteiger partial charge in [-0.25, -0.2) is 15.0 Å². The Labute approximate surface area is 195 Å². The number of aromatic nitrogens is 4. The maximum atomic E-state index is 13.1. The molecule has 2 aromatic heterocycles. The average molecular weight is 470 g/mol. The van der Waals surface area contributed by atoms with Crippen molar-refractivity contribution in [1.82, 2.24) is 24.4 Å². The number of rotatable bonds is 7. The van der Waals surface area contributed by atoms with E-state index < -0.39 is 11.5 Å². The van der Waals surface area contributed by atoms with Crippen LogP contribution in [0.15, 0.2) is 29.6 Å². The van der Waals surface area contributed by atoms with E-state index in [9.17, 15) is 9.59 Å². The number of carbonyl (C=O) groups is 1. The zero-order valence-corrected chi connectivity index (χ0v) is 19.3. The molecule has 0 aliphatic carbocycles. The zero-order valence-electron chi connectivity index (χ0n) is 19.3. The standard InChI is InChI=1S/C22H27N7O5/c1-28-5-7-33-14(11-28)4-6-34-16-8-15(23)17-18(19(16)32-3)26-22(29(2)21(17)31)27-20(30)13-9-24-12-25-10-13/h8-10,12,14H,4-7,11,23H2,1-3H3,(H,26,27,30)/t14-/m0/s1. The van der Waals surface area contributed by atoms with E-state index in [1.165, 1.54) is 37.4 Å². The third-order valence-corrected chi connectivity index (χ3v) is 5.60. The van der Waals surface area contributed by atoms with Crippen molar-refractivity contribution in [3.63, 3.8) is 0 Å². The van der Waals surface area contributed by atoms with E-state index in [-0.39, 0.29) is 40.0 Å². The minimum absolute atomic E-state index is 0.0137. The number of anilines is 2. The number of fused-ring (bicyclic) bond motifs is 1. The van der Waals surface area contributed by atoms with Crippen molar-refractivity contribution in [2.75, 3.05) is 51.5 Å². The average Bonchev–Trinajstić information content (AvgIpc) is 2.83. The minimum atomic E-state index is -0.515. The van der Waals surface area contributed by atoms with E-state index in [2.05, 4.69) is 32.2 Å². The summed E-state index contributed by atoms with van der Waals surface area (Å²) in [6.45, 7) is 2.78. The zero-order chi connectivity index (χ0) is 24.2. The van der Waals surface area contributed by atoms with Gasteiger partial charge in [0.25, 0.3) is 11.5 Å². The molecule has 12 nitrogen and oxygen atoms in total. The predicted octanol–water partition coefficient (Wildman–Crippen LogP) is 0.666. The van der Waals surface area contributed by atoms with Crippen molar-refractivity contribution in [1.29, 1.82) is 0 Å². The number of nitrogens with one attached hydrogen (secondary N) is 1. The molecule has 3 N–H and O–H groups in total. The van der Waals surface area contributed by atoms with Crippen LogP contribution < -0.4 is 26.1 Å². The van der Waals surface area contributed by atoms with Gasteiger partial charge >= 0.3 is 0 Å². The number of benzene rings is 1. The van der Waals surface area contributed by atoms with Crippen LogP contribution in [0.4, 0.5) is 11.6 Å².